The predicted octanol–water partition coefficient (Wildman–Crippen LogP) is 15.0. The van der Waals surface area contributed by atoms with Crippen LogP contribution < -0.4 is 9.64 Å². The third-order valence-electron chi connectivity index (χ3n) is 13.0. The summed E-state index contributed by atoms with van der Waals surface area (Å²) in [4.78, 5) is 2.47. The van der Waals surface area contributed by atoms with Crippen LogP contribution in [0.25, 0.3) is 60.2 Å². The summed E-state index contributed by atoms with van der Waals surface area (Å²) in [6.45, 7) is 0. The molecule has 0 saturated heterocycles. The van der Waals surface area contributed by atoms with E-state index >= 15 is 0 Å². The second kappa shape index (κ2) is 12.6. The maximum absolute atomic E-state index is 6.77. The van der Waals surface area contributed by atoms with Gasteiger partial charge in [0.2, 0.25) is 0 Å². The highest BCUT2D eigenvalue weighted by atomic mass is 16.5. The van der Waals surface area contributed by atoms with Gasteiger partial charge in [-0.3, -0.25) is 0 Å². The Morgan fingerprint density at radius 3 is 1.82 bits per heavy atom. The van der Waals surface area contributed by atoms with Crippen molar-refractivity contribution in [3.05, 3.63) is 241 Å². The van der Waals surface area contributed by atoms with Gasteiger partial charge >= 0.3 is 0 Å². The number of aromatic nitrogens is 1. The summed E-state index contributed by atoms with van der Waals surface area (Å²) >= 11 is 0. The Kier molecular flexibility index (Phi) is 6.93. The van der Waals surface area contributed by atoms with Gasteiger partial charge in [0.25, 0.3) is 0 Å². The van der Waals surface area contributed by atoms with E-state index in [0.717, 1.165) is 45.4 Å². The Hall–Kier alpha value is -7.88. The number of para-hydroxylation sites is 4. The quantitative estimate of drug-likeness (QED) is 0.178. The van der Waals surface area contributed by atoms with Crippen molar-refractivity contribution in [2.24, 2.45) is 0 Å². The summed E-state index contributed by atoms with van der Waals surface area (Å²) in [7, 11) is 0. The average molecular weight is 765 g/mol. The van der Waals surface area contributed by atoms with E-state index in [2.05, 4.69) is 228 Å². The Labute approximate surface area is 347 Å². The lowest BCUT2D eigenvalue weighted by molar-refractivity contribution is 0.435. The van der Waals surface area contributed by atoms with Gasteiger partial charge in [0, 0.05) is 44.3 Å². The summed E-state index contributed by atoms with van der Waals surface area (Å²) in [5, 5.41) is 7.35. The van der Waals surface area contributed by atoms with E-state index in [1.165, 1.54) is 65.6 Å². The van der Waals surface area contributed by atoms with Crippen LogP contribution >= 0.6 is 0 Å². The molecule has 10 aromatic carbocycles. The van der Waals surface area contributed by atoms with E-state index in [0.29, 0.717) is 0 Å². The van der Waals surface area contributed by atoms with Crippen molar-refractivity contribution in [3.63, 3.8) is 0 Å². The van der Waals surface area contributed by atoms with Gasteiger partial charge in [0.1, 0.15) is 11.5 Å². The number of rotatable bonds is 4. The van der Waals surface area contributed by atoms with Crippen LogP contribution in [0.1, 0.15) is 22.3 Å². The molecule has 13 rings (SSSR count). The molecular weight excluding hydrogens is 729 g/mol. The van der Waals surface area contributed by atoms with Gasteiger partial charge in [-0.25, -0.2) is 0 Å². The second-order valence-corrected chi connectivity index (χ2v) is 16.0. The minimum absolute atomic E-state index is 0.651. The van der Waals surface area contributed by atoms with Gasteiger partial charge in [0.15, 0.2) is 0 Å². The van der Waals surface area contributed by atoms with Crippen LogP contribution in [0.2, 0.25) is 0 Å². The van der Waals surface area contributed by atoms with Crippen LogP contribution in [-0.2, 0) is 5.41 Å². The van der Waals surface area contributed by atoms with Gasteiger partial charge in [0.05, 0.1) is 22.1 Å². The van der Waals surface area contributed by atoms with Crippen molar-refractivity contribution < 1.29 is 4.74 Å². The lowest BCUT2D eigenvalue weighted by Crippen LogP contribution is -2.36. The van der Waals surface area contributed by atoms with Crippen molar-refractivity contribution in [1.82, 2.24) is 4.57 Å². The predicted molar refractivity (Wildman–Crippen MR) is 248 cm³/mol. The summed E-state index contributed by atoms with van der Waals surface area (Å²) in [6, 6.07) is 79.9. The van der Waals surface area contributed by atoms with Crippen LogP contribution in [0.3, 0.4) is 0 Å². The summed E-state index contributed by atoms with van der Waals surface area (Å²) in [5.74, 6) is 1.77. The van der Waals surface area contributed by atoms with Crippen molar-refractivity contribution in [2.75, 3.05) is 4.90 Å². The number of anilines is 3. The molecule has 11 aromatic rings. The van der Waals surface area contributed by atoms with E-state index in [4.69, 9.17) is 4.74 Å². The Morgan fingerprint density at radius 1 is 0.383 bits per heavy atom. The van der Waals surface area contributed by atoms with Crippen LogP contribution in [0.15, 0.2) is 218 Å². The molecule has 0 unspecified atom stereocenters. The number of nitrogens with zero attached hydrogens (tertiary/aromatic N) is 2. The lowest BCUT2D eigenvalue weighted by atomic mass is 9.58. The van der Waals surface area contributed by atoms with Crippen LogP contribution in [0.5, 0.6) is 11.5 Å². The standard InChI is InChI=1S/C57H36N2O/c1-2-19-39(20-3-1)59-52-27-9-6-22-44(52)46-35-40(32-34-53(46)59)58(51-28-14-16-37-15-4-5-21-42(37)51)41-31-33-43-45-23-12-17-38-18-13-26-49(56(38)45)57(50(43)36-41)47-24-7-10-29-54(47)60-55-30-11-8-25-48(55)57/h1-36H. The van der Waals surface area contributed by atoms with Crippen molar-refractivity contribution in [3.8, 4) is 28.3 Å². The van der Waals surface area contributed by atoms with Crippen molar-refractivity contribution >= 4 is 60.4 Å². The average Bonchev–Trinajstić information content (AvgIpc) is 3.64. The number of fused-ring (bicyclic) bond motifs is 12. The molecule has 60 heavy (non-hydrogen) atoms. The zero-order valence-corrected chi connectivity index (χ0v) is 32.6. The van der Waals surface area contributed by atoms with Gasteiger partial charge < -0.3 is 14.2 Å². The first-order chi connectivity index (χ1) is 29.8. The molecule has 3 nitrogen and oxygen atoms in total. The van der Waals surface area contributed by atoms with Crippen LogP contribution in [-0.4, -0.2) is 4.57 Å². The molecule has 3 heteroatoms. The Balaban J connectivity index is 1.14. The van der Waals surface area contributed by atoms with Gasteiger partial charge in [-0.1, -0.05) is 152 Å². The Morgan fingerprint density at radius 2 is 0.983 bits per heavy atom. The van der Waals surface area contributed by atoms with E-state index in [1.807, 2.05) is 0 Å². The zero-order valence-electron chi connectivity index (χ0n) is 32.6. The minimum atomic E-state index is -0.651. The number of ether oxygens (including phenoxy) is 1. The monoisotopic (exact) mass is 764 g/mol. The third kappa shape index (κ3) is 4.49. The van der Waals surface area contributed by atoms with Crippen LogP contribution in [0.4, 0.5) is 17.1 Å². The first-order valence-electron chi connectivity index (χ1n) is 20.7. The molecule has 280 valence electrons. The normalized spacial score (nSPS) is 13.3. The maximum atomic E-state index is 6.77. The molecule has 0 atom stereocenters. The van der Waals surface area contributed by atoms with Gasteiger partial charge in [-0.05, 0) is 105 Å². The first-order valence-corrected chi connectivity index (χ1v) is 20.7. The van der Waals surface area contributed by atoms with E-state index in [-0.39, 0.29) is 0 Å². The molecule has 0 radical (unpaired) electrons. The highest BCUT2D eigenvalue weighted by Gasteiger charge is 2.49. The third-order valence-corrected chi connectivity index (χ3v) is 13.0. The second-order valence-electron chi connectivity index (χ2n) is 16.0. The number of benzene rings is 10. The van der Waals surface area contributed by atoms with Gasteiger partial charge in [-0.15, -0.1) is 0 Å². The molecule has 2 heterocycles. The van der Waals surface area contributed by atoms with Crippen molar-refractivity contribution in [1.29, 1.82) is 0 Å². The Bertz CT molecular complexity index is 3490. The fraction of sp³-hybridized carbons (Fsp3) is 0.0175. The van der Waals surface area contributed by atoms with Gasteiger partial charge in [-0.2, -0.15) is 0 Å². The molecule has 1 aromatic heterocycles. The zero-order chi connectivity index (χ0) is 39.4. The van der Waals surface area contributed by atoms with E-state index in [9.17, 15) is 0 Å². The fourth-order valence-electron chi connectivity index (χ4n) is 10.6. The largest absolute Gasteiger partial charge is 0.457 e. The molecule has 0 fully saturated rings. The lowest BCUT2D eigenvalue weighted by Gasteiger charge is -2.45. The van der Waals surface area contributed by atoms with E-state index in [1.54, 1.807) is 0 Å². The molecule has 1 aliphatic heterocycles. The molecule has 0 amide bonds. The summed E-state index contributed by atoms with van der Waals surface area (Å²) < 4.78 is 9.15. The smallest absolute Gasteiger partial charge is 0.132 e. The molecular formula is C57H36N2O. The number of hydrogen-bond donors (Lipinski definition) is 0. The fourth-order valence-corrected chi connectivity index (χ4v) is 10.6. The summed E-state index contributed by atoms with van der Waals surface area (Å²) in [5.41, 5.74) is 13.5. The molecule has 2 aliphatic rings. The molecule has 1 spiro atoms. The minimum Gasteiger partial charge on any atom is -0.457 e. The highest BCUT2D eigenvalue weighted by Crippen LogP contribution is 2.62. The molecule has 0 N–H and O–H groups in total. The number of hydrogen-bond acceptors (Lipinski definition) is 2. The topological polar surface area (TPSA) is 17.4 Å². The molecule has 0 bridgehead atoms. The van der Waals surface area contributed by atoms with E-state index < -0.39 is 5.41 Å². The molecule has 0 saturated carbocycles. The first kappa shape index (κ1) is 33.1. The summed E-state index contributed by atoms with van der Waals surface area (Å²) in [6.07, 6.45) is 0. The van der Waals surface area contributed by atoms with Crippen molar-refractivity contribution in [2.45, 2.75) is 5.41 Å². The SMILES string of the molecule is c1ccc(-n2c3ccccc3c3cc(N(c4ccc5c(c4)C4(c6ccccc6Oc6ccccc64)c4cccc6cccc-5c46)c4cccc5ccccc45)ccc32)cc1. The maximum Gasteiger partial charge on any atom is 0.132 e. The molecule has 1 aliphatic carbocycles. The highest BCUT2D eigenvalue weighted by molar-refractivity contribution is 6.12. The van der Waals surface area contributed by atoms with Crippen LogP contribution in [0, 0.1) is 0 Å².